The van der Waals surface area contributed by atoms with Crippen LogP contribution in [0.25, 0.3) is 0 Å². The van der Waals surface area contributed by atoms with Gasteiger partial charge in [0.25, 0.3) is 5.91 Å². The summed E-state index contributed by atoms with van der Waals surface area (Å²) >= 11 is 0. The number of aliphatic hydroxyl groups is 2. The van der Waals surface area contributed by atoms with Gasteiger partial charge in [-0.2, -0.15) is 0 Å². The van der Waals surface area contributed by atoms with Crippen LogP contribution >= 0.6 is 0 Å². The number of rotatable bonds is 22. The molecule has 1 aliphatic heterocycles. The van der Waals surface area contributed by atoms with Gasteiger partial charge in [-0.05, 0) is 61.2 Å². The van der Waals surface area contributed by atoms with Crippen LogP contribution in [0.5, 0.6) is 0 Å². The fourth-order valence-corrected chi connectivity index (χ4v) is 12.3. The van der Waals surface area contributed by atoms with E-state index >= 15 is 4.79 Å². The summed E-state index contributed by atoms with van der Waals surface area (Å²) in [6, 6.07) is 23.1. The normalized spacial score (nSPS) is 28.1. The molecular formula is C60H75NO15. The van der Waals surface area contributed by atoms with Gasteiger partial charge in [-0.3, -0.25) is 24.0 Å². The second-order valence-corrected chi connectivity index (χ2v) is 21.7. The van der Waals surface area contributed by atoms with E-state index in [1.807, 2.05) is 0 Å². The molecule has 7 rings (SSSR count). The zero-order valence-electron chi connectivity index (χ0n) is 44.9. The van der Waals surface area contributed by atoms with Crippen molar-refractivity contribution in [3.8, 4) is 0 Å². The van der Waals surface area contributed by atoms with E-state index in [2.05, 4.69) is 12.2 Å². The fraction of sp³-hybridized carbons (Fsp3) is 0.550. The quantitative estimate of drug-likeness (QED) is 0.0371. The molecule has 0 aromatic heterocycles. The summed E-state index contributed by atoms with van der Waals surface area (Å²) in [5, 5.41) is 28.8. The lowest BCUT2D eigenvalue weighted by Gasteiger charge is -2.67. The van der Waals surface area contributed by atoms with Crippen LogP contribution in [0, 0.1) is 16.7 Å². The number of unbranched alkanes of at least 4 members (excludes halogenated alkanes) is 9. The summed E-state index contributed by atoms with van der Waals surface area (Å²) in [4.78, 5) is 100. The molecule has 1 saturated heterocycles. The Kier molecular flexibility index (Phi) is 18.5. The Balaban J connectivity index is 1.32. The number of ketones is 1. The van der Waals surface area contributed by atoms with E-state index < -0.39 is 119 Å². The molecule has 410 valence electrons. The van der Waals surface area contributed by atoms with Crippen molar-refractivity contribution in [1.29, 1.82) is 0 Å². The Morgan fingerprint density at radius 1 is 0.737 bits per heavy atom. The topological polar surface area (TPSA) is 227 Å². The van der Waals surface area contributed by atoms with Gasteiger partial charge in [0.15, 0.2) is 23.6 Å². The lowest BCUT2D eigenvalue weighted by atomic mass is 9.44. The summed E-state index contributed by atoms with van der Waals surface area (Å²) in [7, 11) is 0. The second-order valence-electron chi connectivity index (χ2n) is 21.7. The number of ether oxygens (including phenoxy) is 6. The minimum absolute atomic E-state index is 0.00451. The van der Waals surface area contributed by atoms with Gasteiger partial charge < -0.3 is 44.0 Å². The number of benzene rings is 3. The summed E-state index contributed by atoms with van der Waals surface area (Å²) in [5.74, 6) is -7.49. The number of nitrogens with one attached hydrogen (secondary N) is 1. The third-order valence-electron chi connectivity index (χ3n) is 16.5. The van der Waals surface area contributed by atoms with Crippen molar-refractivity contribution < 1.29 is 72.2 Å². The molecule has 3 N–H and O–H groups in total. The maximum atomic E-state index is 16.3. The summed E-state index contributed by atoms with van der Waals surface area (Å²) in [5.41, 5.74) is -7.21. The zero-order valence-corrected chi connectivity index (χ0v) is 44.9. The molecule has 11 atom stereocenters. The van der Waals surface area contributed by atoms with Gasteiger partial charge >= 0.3 is 29.8 Å². The number of carbonyl (C=O) groups excluding carboxylic acids is 7. The van der Waals surface area contributed by atoms with Gasteiger partial charge in [0.1, 0.15) is 30.0 Å². The Morgan fingerprint density at radius 2 is 1.30 bits per heavy atom. The van der Waals surface area contributed by atoms with Gasteiger partial charge in [-0.25, -0.2) is 9.59 Å². The van der Waals surface area contributed by atoms with Crippen LogP contribution in [0.15, 0.2) is 102 Å². The average molecular weight is 1050 g/mol. The summed E-state index contributed by atoms with van der Waals surface area (Å²) < 4.78 is 37.7. The Labute approximate surface area is 445 Å². The Morgan fingerprint density at radius 3 is 1.86 bits per heavy atom. The third-order valence-corrected chi connectivity index (χ3v) is 16.5. The number of fused-ring (bicyclic) bond motifs is 5. The van der Waals surface area contributed by atoms with Crippen LogP contribution in [-0.2, 0) is 52.4 Å². The molecule has 0 radical (unpaired) electrons. The highest BCUT2D eigenvalue weighted by atomic mass is 16.6. The molecule has 16 nitrogen and oxygen atoms in total. The van der Waals surface area contributed by atoms with Crippen LogP contribution in [-0.4, -0.2) is 106 Å². The smallest absolute Gasteiger partial charge is 0.338 e. The Bertz CT molecular complexity index is 2600. The van der Waals surface area contributed by atoms with Gasteiger partial charge in [-0.1, -0.05) is 145 Å². The number of hydrogen-bond donors (Lipinski definition) is 3. The molecule has 0 spiro atoms. The lowest BCUT2D eigenvalue weighted by Crippen LogP contribution is -2.82. The van der Waals surface area contributed by atoms with Crippen molar-refractivity contribution in [1.82, 2.24) is 5.32 Å². The fourth-order valence-electron chi connectivity index (χ4n) is 12.3. The van der Waals surface area contributed by atoms with Crippen LogP contribution in [0.4, 0.5) is 0 Å². The first-order valence-electron chi connectivity index (χ1n) is 26.9. The van der Waals surface area contributed by atoms with Crippen LogP contribution in [0.1, 0.15) is 164 Å². The van der Waals surface area contributed by atoms with Crippen LogP contribution < -0.4 is 5.32 Å². The predicted molar refractivity (Wildman–Crippen MR) is 278 cm³/mol. The van der Waals surface area contributed by atoms with Crippen molar-refractivity contribution >= 4 is 41.5 Å². The van der Waals surface area contributed by atoms with Crippen molar-refractivity contribution in [2.45, 2.75) is 186 Å². The SMILES string of the molecule is CCCCCCCCCCCCC(=O)O[C@H]1C[C@H]2OC[C@@]2(OC(C)=O)[C@H]2[C@H](OC(=O)c3ccccc3)[C@]3(O)C[C@H](OC(=O)[C@H](O)[C@@H](NC(=O)c4ccccc4)c4ccccc4)C(C)=C([C@@H](OC(C)=O)C(=O)[C@]12C)C3(C)C. The average Bonchev–Trinajstić information content (AvgIpc) is 3.50. The molecule has 2 bridgehead atoms. The standard InChI is InChI=1S/C60H75NO15/c1-8-9-10-11-12-13-14-15-16-26-33-46(64)74-44-34-45-59(36-71-45,76-39(4)63)51-53(75-55(68)42-31-24-19-25-32-42)60(70)35-43(37(2)47(57(60,5)6)50(72-38(3)62)52(66)58(44,51)7)73-56(69)49(65)48(40-27-20-17-21-28-40)61-54(67)41-29-22-18-23-30-41/h17-25,27-32,43-45,48-51,53,65,70H,8-16,26,33-36H2,1-7H3,(H,61,67)/t43-,44-,45+,48-,49+,50+,51-,53-,58+,59-,60+/m0/s1. The number of hydrogen-bond acceptors (Lipinski definition) is 15. The number of amides is 1. The highest BCUT2D eigenvalue weighted by molar-refractivity contribution is 5.96. The number of esters is 5. The van der Waals surface area contributed by atoms with E-state index in [1.54, 1.807) is 99.6 Å². The van der Waals surface area contributed by atoms with E-state index in [-0.39, 0.29) is 41.7 Å². The minimum atomic E-state index is -2.44. The highest BCUT2D eigenvalue weighted by Crippen LogP contribution is 2.65. The van der Waals surface area contributed by atoms with Gasteiger partial charge in [0, 0.05) is 44.1 Å². The number of carbonyl (C=O) groups is 7. The third kappa shape index (κ3) is 11.7. The molecule has 76 heavy (non-hydrogen) atoms. The number of Topliss-reactive ketones (excluding diaryl/α,β-unsaturated/α-hetero) is 1. The molecule has 2 saturated carbocycles. The largest absolute Gasteiger partial charge is 0.461 e. The molecule has 0 unspecified atom stereocenters. The first kappa shape index (κ1) is 57.5. The van der Waals surface area contributed by atoms with Gasteiger partial charge in [0.2, 0.25) is 0 Å². The van der Waals surface area contributed by atoms with Gasteiger partial charge in [-0.15, -0.1) is 0 Å². The first-order valence-corrected chi connectivity index (χ1v) is 26.9. The summed E-state index contributed by atoms with van der Waals surface area (Å²) in [6.45, 7) is 10.3. The van der Waals surface area contributed by atoms with Crippen molar-refractivity contribution in [2.24, 2.45) is 16.7 Å². The number of aliphatic hydroxyl groups excluding tert-OH is 1. The van der Waals surface area contributed by atoms with E-state index in [0.29, 0.717) is 12.0 Å². The minimum Gasteiger partial charge on any atom is -0.461 e. The zero-order chi connectivity index (χ0) is 55.0. The van der Waals surface area contributed by atoms with Gasteiger partial charge in [0.05, 0.1) is 29.5 Å². The maximum Gasteiger partial charge on any atom is 0.338 e. The molecule has 1 heterocycles. The molecule has 3 aliphatic carbocycles. The highest BCUT2D eigenvalue weighted by Gasteiger charge is 2.79. The van der Waals surface area contributed by atoms with Crippen LogP contribution in [0.3, 0.4) is 0 Å². The maximum absolute atomic E-state index is 16.3. The Hall–Kier alpha value is -6.23. The molecule has 3 fully saturated rings. The molecular weight excluding hydrogens is 975 g/mol. The van der Waals surface area contributed by atoms with Crippen molar-refractivity contribution in [2.75, 3.05) is 6.61 Å². The molecule has 3 aromatic rings. The van der Waals surface area contributed by atoms with E-state index in [0.717, 1.165) is 39.0 Å². The summed E-state index contributed by atoms with van der Waals surface area (Å²) in [6.07, 6.45) is -0.0983. The first-order chi connectivity index (χ1) is 36.2. The van der Waals surface area contributed by atoms with Crippen molar-refractivity contribution in [3.63, 3.8) is 0 Å². The predicted octanol–water partition coefficient (Wildman–Crippen LogP) is 8.60. The second kappa shape index (κ2) is 24.4. The van der Waals surface area contributed by atoms with E-state index in [4.69, 9.17) is 28.4 Å². The van der Waals surface area contributed by atoms with E-state index in [1.165, 1.54) is 51.7 Å². The molecule has 3 aromatic carbocycles. The molecule has 4 aliphatic rings. The van der Waals surface area contributed by atoms with Crippen molar-refractivity contribution in [3.05, 3.63) is 119 Å². The van der Waals surface area contributed by atoms with Crippen LogP contribution in [0.2, 0.25) is 0 Å². The lowest BCUT2D eigenvalue weighted by molar-refractivity contribution is -0.346. The molecule has 16 heteroatoms. The van der Waals surface area contributed by atoms with E-state index in [9.17, 15) is 39.0 Å². The molecule has 1 amide bonds. The monoisotopic (exact) mass is 1050 g/mol.